The number of benzene rings is 2. The van der Waals surface area contributed by atoms with Gasteiger partial charge in [0.25, 0.3) is 5.91 Å². The van der Waals surface area contributed by atoms with Crippen molar-refractivity contribution in [2.24, 2.45) is 0 Å². The maximum absolute atomic E-state index is 14.0. The number of hydrogen-bond acceptors (Lipinski definition) is 5. The van der Waals surface area contributed by atoms with E-state index in [4.69, 9.17) is 27.9 Å². The summed E-state index contributed by atoms with van der Waals surface area (Å²) in [5, 5.41) is 3.08. The van der Waals surface area contributed by atoms with Gasteiger partial charge < -0.3 is 10.1 Å². The van der Waals surface area contributed by atoms with Crippen LogP contribution in [-0.4, -0.2) is 28.8 Å². The van der Waals surface area contributed by atoms with Crippen molar-refractivity contribution in [3.05, 3.63) is 75.0 Å². The number of anilines is 1. The highest BCUT2D eigenvalue weighted by Crippen LogP contribution is 2.39. The highest BCUT2D eigenvalue weighted by atomic mass is 35.5. The number of hydrogen-bond donors (Lipinski definition) is 1. The molecule has 6 nitrogen and oxygen atoms in total. The molecule has 3 aromatic rings. The summed E-state index contributed by atoms with van der Waals surface area (Å²) in [7, 11) is 0. The zero-order valence-corrected chi connectivity index (χ0v) is 21.3. The van der Waals surface area contributed by atoms with E-state index in [-0.39, 0.29) is 27.0 Å². The van der Waals surface area contributed by atoms with Crippen LogP contribution in [0.3, 0.4) is 0 Å². The zero-order chi connectivity index (χ0) is 24.9. The first-order valence-corrected chi connectivity index (χ1v) is 12.9. The molecule has 1 atom stereocenters. The van der Waals surface area contributed by atoms with Crippen molar-refractivity contribution in [1.82, 2.24) is 9.69 Å². The van der Waals surface area contributed by atoms with Crippen molar-refractivity contribution in [2.45, 2.75) is 44.7 Å². The van der Waals surface area contributed by atoms with Crippen molar-refractivity contribution >= 4 is 52.2 Å². The Balaban J connectivity index is 1.88. The number of carbonyl (C=O) groups is 2. The van der Waals surface area contributed by atoms with E-state index in [0.29, 0.717) is 23.6 Å². The lowest BCUT2D eigenvalue weighted by molar-refractivity contribution is -0.123. The van der Waals surface area contributed by atoms with Crippen LogP contribution in [0.4, 0.5) is 10.1 Å². The van der Waals surface area contributed by atoms with Gasteiger partial charge in [0, 0.05) is 6.04 Å². The number of nitrogens with zero attached hydrogens (tertiary/aromatic N) is 2. The minimum Gasteiger partial charge on any atom is -0.492 e. The fourth-order valence-electron chi connectivity index (χ4n) is 4.22. The number of ether oxygens (including phenoxy) is 1. The number of para-hydroxylation sites is 2. The number of carbonyl (C=O) groups excluding carboxylic acids is 2. The van der Waals surface area contributed by atoms with Crippen LogP contribution in [0.5, 0.6) is 5.75 Å². The van der Waals surface area contributed by atoms with Gasteiger partial charge in [0.2, 0.25) is 5.91 Å². The van der Waals surface area contributed by atoms with Gasteiger partial charge in [0.15, 0.2) is 5.69 Å². The van der Waals surface area contributed by atoms with E-state index in [1.54, 1.807) is 24.3 Å². The Bertz CT molecular complexity index is 1200. The van der Waals surface area contributed by atoms with E-state index in [0.717, 1.165) is 37.2 Å². The summed E-state index contributed by atoms with van der Waals surface area (Å²) in [5.74, 6) is -1.06. The maximum Gasteiger partial charge on any atom is 0.280 e. The quantitative estimate of drug-likeness (QED) is 0.360. The van der Waals surface area contributed by atoms with Crippen LogP contribution in [0.25, 0.3) is 0 Å². The van der Waals surface area contributed by atoms with Gasteiger partial charge >= 0.3 is 0 Å². The standard InChI is InChI=1S/C25H24Cl2FN3O3S/c1-2-34-19-10-6-5-9-18(19)31(25(33)21-20(26)23(27)35-30-21)22(15-11-13-16(28)14-12-15)24(32)29-17-7-3-4-8-17/h5-6,9-14,17,22H,2-4,7-8H2,1H3,(H,29,32). The van der Waals surface area contributed by atoms with Gasteiger partial charge in [0.05, 0.1) is 12.3 Å². The Kier molecular flexibility index (Phi) is 8.26. The van der Waals surface area contributed by atoms with Crippen molar-refractivity contribution < 1.29 is 18.7 Å². The molecule has 1 saturated carbocycles. The predicted octanol–water partition coefficient (Wildman–Crippen LogP) is 6.43. The molecular formula is C25H24Cl2FN3O3S. The van der Waals surface area contributed by atoms with Crippen LogP contribution in [-0.2, 0) is 4.79 Å². The van der Waals surface area contributed by atoms with Gasteiger partial charge in [-0.05, 0) is 61.1 Å². The Labute approximate surface area is 217 Å². The van der Waals surface area contributed by atoms with Gasteiger partial charge in [-0.1, -0.05) is 60.3 Å². The molecule has 1 fully saturated rings. The molecule has 0 saturated heterocycles. The molecule has 2 amide bonds. The van der Waals surface area contributed by atoms with E-state index in [1.807, 2.05) is 6.92 Å². The molecule has 35 heavy (non-hydrogen) atoms. The summed E-state index contributed by atoms with van der Waals surface area (Å²) >= 11 is 13.3. The summed E-state index contributed by atoms with van der Waals surface area (Å²) in [5.41, 5.74) is 0.711. The summed E-state index contributed by atoms with van der Waals surface area (Å²) in [6, 6.07) is 11.3. The molecule has 0 bridgehead atoms. The molecular weight excluding hydrogens is 512 g/mol. The Morgan fingerprint density at radius 2 is 1.86 bits per heavy atom. The van der Waals surface area contributed by atoms with E-state index < -0.39 is 17.8 Å². The van der Waals surface area contributed by atoms with Crippen molar-refractivity contribution in [3.8, 4) is 5.75 Å². The number of halogens is 3. The lowest BCUT2D eigenvalue weighted by Gasteiger charge is -2.33. The van der Waals surface area contributed by atoms with Crippen LogP contribution in [0, 0.1) is 5.82 Å². The van der Waals surface area contributed by atoms with E-state index in [1.165, 1.54) is 29.2 Å². The predicted molar refractivity (Wildman–Crippen MR) is 136 cm³/mol. The molecule has 1 aromatic heterocycles. The van der Waals surface area contributed by atoms with Crippen molar-refractivity contribution in [1.29, 1.82) is 0 Å². The molecule has 184 valence electrons. The van der Waals surface area contributed by atoms with E-state index in [9.17, 15) is 14.0 Å². The van der Waals surface area contributed by atoms with Gasteiger partial charge in [0.1, 0.15) is 27.0 Å². The number of rotatable bonds is 8. The first-order valence-electron chi connectivity index (χ1n) is 11.3. The second kappa shape index (κ2) is 11.4. The van der Waals surface area contributed by atoms with Gasteiger partial charge in [-0.2, -0.15) is 4.37 Å². The van der Waals surface area contributed by atoms with Crippen molar-refractivity contribution in [2.75, 3.05) is 11.5 Å². The SMILES string of the molecule is CCOc1ccccc1N(C(=O)c1nsc(Cl)c1Cl)C(C(=O)NC1CCCC1)c1ccc(F)cc1. The molecule has 1 aliphatic carbocycles. The molecule has 0 aliphatic heterocycles. The third-order valence-corrected chi connectivity index (χ3v) is 7.45. The Morgan fingerprint density at radius 3 is 2.49 bits per heavy atom. The molecule has 1 heterocycles. The molecule has 10 heteroatoms. The average molecular weight is 536 g/mol. The summed E-state index contributed by atoms with van der Waals surface area (Å²) in [4.78, 5) is 29.1. The van der Waals surface area contributed by atoms with E-state index in [2.05, 4.69) is 9.69 Å². The molecule has 0 spiro atoms. The maximum atomic E-state index is 14.0. The summed E-state index contributed by atoms with van der Waals surface area (Å²) < 4.78 is 23.9. The molecule has 2 aromatic carbocycles. The number of amides is 2. The molecule has 4 rings (SSSR count). The molecule has 1 unspecified atom stereocenters. The lowest BCUT2D eigenvalue weighted by atomic mass is 10.0. The van der Waals surface area contributed by atoms with Crippen LogP contribution in [0.15, 0.2) is 48.5 Å². The van der Waals surface area contributed by atoms with Crippen LogP contribution in [0.1, 0.15) is 54.7 Å². The van der Waals surface area contributed by atoms with E-state index >= 15 is 0 Å². The highest BCUT2D eigenvalue weighted by Gasteiger charge is 2.38. The fourth-order valence-corrected chi connectivity index (χ4v) is 5.21. The molecule has 1 N–H and O–H groups in total. The monoisotopic (exact) mass is 535 g/mol. The van der Waals surface area contributed by atoms with Gasteiger partial charge in [-0.3, -0.25) is 14.5 Å². The summed E-state index contributed by atoms with van der Waals surface area (Å²) in [6.07, 6.45) is 3.77. The Hall–Kier alpha value is -2.68. The van der Waals surface area contributed by atoms with Crippen molar-refractivity contribution in [3.63, 3.8) is 0 Å². The first-order chi connectivity index (χ1) is 16.9. The normalized spacial score (nSPS) is 14.5. The smallest absolute Gasteiger partial charge is 0.280 e. The molecule has 0 radical (unpaired) electrons. The minimum absolute atomic E-state index is 0.00170. The lowest BCUT2D eigenvalue weighted by Crippen LogP contribution is -2.46. The largest absolute Gasteiger partial charge is 0.492 e. The first kappa shape index (κ1) is 25.4. The fraction of sp³-hybridized carbons (Fsp3) is 0.320. The number of aromatic nitrogens is 1. The third kappa shape index (κ3) is 5.60. The van der Waals surface area contributed by atoms with Gasteiger partial charge in [-0.15, -0.1) is 0 Å². The van der Waals surface area contributed by atoms with Gasteiger partial charge in [-0.25, -0.2) is 4.39 Å². The van der Waals surface area contributed by atoms with Crippen LogP contribution >= 0.6 is 34.7 Å². The van der Waals surface area contributed by atoms with Crippen LogP contribution in [0.2, 0.25) is 9.36 Å². The van der Waals surface area contributed by atoms with Crippen LogP contribution < -0.4 is 15.0 Å². The second-order valence-electron chi connectivity index (χ2n) is 8.14. The second-order valence-corrected chi connectivity index (χ2v) is 9.89. The number of nitrogens with one attached hydrogen (secondary N) is 1. The minimum atomic E-state index is -1.14. The Morgan fingerprint density at radius 1 is 1.17 bits per heavy atom. The highest BCUT2D eigenvalue weighted by molar-refractivity contribution is 7.11. The molecule has 1 aliphatic rings. The summed E-state index contributed by atoms with van der Waals surface area (Å²) in [6.45, 7) is 2.17. The third-order valence-electron chi connectivity index (χ3n) is 5.84. The average Bonchev–Trinajstić information content (AvgIpc) is 3.48. The topological polar surface area (TPSA) is 71.5 Å². The zero-order valence-electron chi connectivity index (χ0n) is 19.0.